The van der Waals surface area contributed by atoms with E-state index in [4.69, 9.17) is 28.7 Å². The molecule has 3 aliphatic rings. The third kappa shape index (κ3) is 14.8. The number of amides is 9. The van der Waals surface area contributed by atoms with E-state index in [0.717, 1.165) is 22.3 Å². The number of carboxylic acids is 1. The number of guanidine groups is 1. The first-order valence-corrected chi connectivity index (χ1v) is 25.8. The van der Waals surface area contributed by atoms with Crippen LogP contribution in [0, 0.1) is 0 Å². The number of hydrogen-bond donors (Lipinski definition) is 10. The molecular formula is C53H71N13O10. The van der Waals surface area contributed by atoms with Gasteiger partial charge >= 0.3 is 12.0 Å². The molecule has 0 spiro atoms. The van der Waals surface area contributed by atoms with E-state index in [9.17, 15) is 33.9 Å². The summed E-state index contributed by atoms with van der Waals surface area (Å²) in [7, 11) is 0. The number of hydrogen-bond acceptors (Lipinski definition) is 11. The van der Waals surface area contributed by atoms with Crippen LogP contribution in [-0.4, -0.2) is 134 Å². The first kappa shape index (κ1) is 57.2. The van der Waals surface area contributed by atoms with E-state index in [1.165, 1.54) is 14.7 Å². The van der Waals surface area contributed by atoms with Crippen molar-refractivity contribution in [2.45, 2.75) is 146 Å². The monoisotopic (exact) mass is 1050 g/mol. The molecule has 0 radical (unpaired) electrons. The minimum absolute atomic E-state index is 0.00952. The highest BCUT2D eigenvalue weighted by molar-refractivity contribution is 5.99. The van der Waals surface area contributed by atoms with Crippen molar-refractivity contribution in [1.82, 2.24) is 36.0 Å². The van der Waals surface area contributed by atoms with Crippen molar-refractivity contribution in [3.8, 4) is 0 Å². The number of rotatable bonds is 24. The van der Waals surface area contributed by atoms with Gasteiger partial charge in [-0.1, -0.05) is 92.6 Å². The van der Waals surface area contributed by atoms with Gasteiger partial charge in [0.2, 0.25) is 41.4 Å². The Morgan fingerprint density at radius 2 is 1.03 bits per heavy atom. The van der Waals surface area contributed by atoms with E-state index in [1.807, 2.05) is 37.3 Å². The van der Waals surface area contributed by atoms with E-state index in [2.05, 4.69) is 26.3 Å². The summed E-state index contributed by atoms with van der Waals surface area (Å²) < 4.78 is 0. The molecule has 3 aromatic carbocycles. The van der Waals surface area contributed by atoms with Crippen LogP contribution >= 0.6 is 0 Å². The lowest BCUT2D eigenvalue weighted by molar-refractivity contribution is -0.154. The average Bonchev–Trinajstić information content (AvgIpc) is 3.42. The zero-order valence-corrected chi connectivity index (χ0v) is 42.8. The third-order valence-corrected chi connectivity index (χ3v) is 14.1. The number of nitrogens with zero attached hydrogens (tertiary/aromatic N) is 4. The van der Waals surface area contributed by atoms with Gasteiger partial charge < -0.3 is 69.7 Å². The molecule has 0 saturated heterocycles. The largest absolute Gasteiger partial charge is 0.481 e. The van der Waals surface area contributed by atoms with Crippen LogP contribution in [0.3, 0.4) is 0 Å². The predicted octanol–water partition coefficient (Wildman–Crippen LogP) is -0.329. The van der Waals surface area contributed by atoms with Crippen LogP contribution in [0.2, 0.25) is 0 Å². The summed E-state index contributed by atoms with van der Waals surface area (Å²) in [6.45, 7) is 2.04. The van der Waals surface area contributed by atoms with Gasteiger partial charge in [-0.05, 0) is 78.5 Å². The first-order valence-electron chi connectivity index (χ1n) is 25.8. The Morgan fingerprint density at radius 1 is 0.566 bits per heavy atom. The van der Waals surface area contributed by atoms with Crippen LogP contribution in [-0.2, 0) is 77.3 Å². The van der Waals surface area contributed by atoms with Gasteiger partial charge in [0.15, 0.2) is 5.96 Å². The highest BCUT2D eigenvalue weighted by Gasteiger charge is 2.46. The lowest BCUT2D eigenvalue weighted by Crippen LogP contribution is -2.64. The summed E-state index contributed by atoms with van der Waals surface area (Å²) in [6.07, 6.45) is 1.97. The summed E-state index contributed by atoms with van der Waals surface area (Å²) >= 11 is 0. The Labute approximate surface area is 441 Å². The fourth-order valence-electron chi connectivity index (χ4n) is 10.1. The number of carbonyl (C=O) groups excluding carboxylic acids is 8. The van der Waals surface area contributed by atoms with E-state index in [0.29, 0.717) is 43.4 Å². The number of nitrogens with two attached hydrogens (primary N) is 5. The Bertz CT molecular complexity index is 2660. The van der Waals surface area contributed by atoms with Crippen LogP contribution in [0.5, 0.6) is 0 Å². The molecular weight excluding hydrogens is 979 g/mol. The van der Waals surface area contributed by atoms with Crippen LogP contribution in [0.4, 0.5) is 4.79 Å². The summed E-state index contributed by atoms with van der Waals surface area (Å²) in [5.41, 5.74) is 32.5. The molecule has 3 aromatic rings. The summed E-state index contributed by atoms with van der Waals surface area (Å²) in [6, 6.07) is 11.7. The molecule has 0 fully saturated rings. The summed E-state index contributed by atoms with van der Waals surface area (Å²) in [5.74, 6) is -6.72. The third-order valence-electron chi connectivity index (χ3n) is 14.1. The fourth-order valence-corrected chi connectivity index (χ4v) is 10.1. The van der Waals surface area contributed by atoms with Gasteiger partial charge in [-0.25, -0.2) is 4.79 Å². The van der Waals surface area contributed by atoms with Gasteiger partial charge in [-0.15, -0.1) is 0 Å². The smallest absolute Gasteiger partial charge is 0.312 e. The molecule has 6 rings (SSSR count). The minimum Gasteiger partial charge on any atom is -0.481 e. The topological polar surface area (TPSA) is 374 Å². The predicted molar refractivity (Wildman–Crippen MR) is 280 cm³/mol. The Morgan fingerprint density at radius 3 is 1.53 bits per heavy atom. The molecule has 9 amide bonds. The summed E-state index contributed by atoms with van der Waals surface area (Å²) in [4.78, 5) is 133. The number of unbranched alkanes of at least 4 members (excludes halogenated alkanes) is 2. The molecule has 0 aliphatic carbocycles. The minimum atomic E-state index is -1.69. The highest BCUT2D eigenvalue weighted by Crippen LogP contribution is 2.31. The van der Waals surface area contributed by atoms with Crippen molar-refractivity contribution in [2.24, 2.45) is 33.7 Å². The van der Waals surface area contributed by atoms with Crippen molar-refractivity contribution in [3.05, 3.63) is 106 Å². The van der Waals surface area contributed by atoms with E-state index in [-0.39, 0.29) is 77.1 Å². The van der Waals surface area contributed by atoms with Gasteiger partial charge in [0, 0.05) is 45.4 Å². The van der Waals surface area contributed by atoms with Crippen LogP contribution in [0.15, 0.2) is 77.8 Å². The number of urea groups is 1. The van der Waals surface area contributed by atoms with E-state index in [1.54, 1.807) is 42.5 Å². The number of carbonyl (C=O) groups is 9. The molecule has 7 atom stereocenters. The average molecular weight is 1050 g/mol. The quantitative estimate of drug-likeness (QED) is 0.0313. The van der Waals surface area contributed by atoms with Gasteiger partial charge in [-0.2, -0.15) is 0 Å². The van der Waals surface area contributed by atoms with Gasteiger partial charge in [0.25, 0.3) is 0 Å². The van der Waals surface area contributed by atoms with Crippen molar-refractivity contribution < 1.29 is 48.3 Å². The molecule has 408 valence electrons. The first-order chi connectivity index (χ1) is 36.4. The standard InChI is InChI=1S/C53H71N13O10/c1-2-3-19-38(63-53(58)76)46(70)62-40(27-44(67)68)50(74)66-30-36-18-9-6-15-33(36)26-43(66)51(75)65-29-35-17-8-5-14-32(35)25-42(65)48(72)61-39(21-12-23-59-52(56)57)49(73)64-28-34-16-7-4-13-31(34)24-41(64)47(71)60-37(45(55)69)20-10-11-22-54/h4-9,13-18,37-43H,2-3,10-12,19-30,54H2,1H3,(H2,55,69)(H,60,71)(H,61,72)(H,62,70)(H,67,68)(H4,56,57,59)(H3,58,63,76)/t37-,38-,39-,40-,41-,42+,43-/m0/s1. The van der Waals surface area contributed by atoms with Crippen molar-refractivity contribution in [3.63, 3.8) is 0 Å². The number of benzene rings is 3. The molecule has 23 heteroatoms. The number of aliphatic carboxylic acids is 1. The number of aliphatic imine (C=N–C) groups is 1. The van der Waals surface area contributed by atoms with Crippen molar-refractivity contribution in [1.29, 1.82) is 0 Å². The SMILES string of the molecule is CCCC[C@H](NC(N)=O)C(=O)N[C@@H](CC(=O)O)C(=O)N1Cc2ccccc2C[C@H]1C(=O)N1Cc2ccccc2C[C@@H]1C(=O)N[C@@H](CCCN=C(N)N)C(=O)N1Cc2ccccc2C[C@H]1C(=O)N[C@@H](CCCCN)C(N)=O. The molecule has 76 heavy (non-hydrogen) atoms. The lowest BCUT2D eigenvalue weighted by Gasteiger charge is -2.43. The molecule has 0 aromatic heterocycles. The molecule has 0 unspecified atom stereocenters. The maximum atomic E-state index is 15.5. The number of nitrogens with one attached hydrogen (secondary N) is 4. The zero-order valence-electron chi connectivity index (χ0n) is 42.8. The highest BCUT2D eigenvalue weighted by atomic mass is 16.4. The second kappa shape index (κ2) is 26.9. The van der Waals surface area contributed by atoms with Crippen molar-refractivity contribution >= 4 is 59.3 Å². The van der Waals surface area contributed by atoms with Crippen LogP contribution in [0.1, 0.15) is 98.1 Å². The Hall–Kier alpha value is -8.08. The van der Waals surface area contributed by atoms with Crippen LogP contribution < -0.4 is 49.9 Å². The maximum absolute atomic E-state index is 15.5. The molecule has 0 saturated carbocycles. The molecule has 3 heterocycles. The number of fused-ring (bicyclic) bond motifs is 3. The van der Waals surface area contributed by atoms with Crippen LogP contribution in [0.25, 0.3) is 0 Å². The van der Waals surface area contributed by atoms with Crippen molar-refractivity contribution in [2.75, 3.05) is 13.1 Å². The Kier molecular flexibility index (Phi) is 20.3. The van der Waals surface area contributed by atoms with E-state index < -0.39 is 102 Å². The molecule has 23 nitrogen and oxygen atoms in total. The Balaban J connectivity index is 1.35. The number of carboxylic acid groups (broad SMARTS) is 1. The normalized spacial score (nSPS) is 18.2. The molecule has 15 N–H and O–H groups in total. The zero-order chi connectivity index (χ0) is 55.1. The lowest BCUT2D eigenvalue weighted by atomic mass is 9.89. The second-order valence-corrected chi connectivity index (χ2v) is 19.5. The number of primary amides is 2. The van der Waals surface area contributed by atoms with E-state index >= 15 is 14.4 Å². The summed E-state index contributed by atoms with van der Waals surface area (Å²) in [5, 5.41) is 20.6. The molecule has 3 aliphatic heterocycles. The van der Waals surface area contributed by atoms with Gasteiger partial charge in [0.05, 0.1) is 6.42 Å². The molecule has 0 bridgehead atoms. The fraction of sp³-hybridized carbons (Fsp3) is 0.472. The van der Waals surface area contributed by atoms with Gasteiger partial charge in [0.1, 0.15) is 42.3 Å². The maximum Gasteiger partial charge on any atom is 0.312 e. The second-order valence-electron chi connectivity index (χ2n) is 19.5. The van der Waals surface area contributed by atoms with Gasteiger partial charge in [-0.3, -0.25) is 43.3 Å².